The predicted octanol–water partition coefficient (Wildman–Crippen LogP) is 2.90. The SMILES string of the molecule is O=C(O)C1COC(Nc2ccc(Br)c(COC3Cc4ccccc4C3)c2)N1. The number of benzene rings is 2. The van der Waals surface area contributed by atoms with Gasteiger partial charge < -0.3 is 19.9 Å². The number of carboxylic acids is 1. The zero-order valence-electron chi connectivity index (χ0n) is 14.7. The van der Waals surface area contributed by atoms with Gasteiger partial charge in [0.15, 0.2) is 6.35 Å². The maximum Gasteiger partial charge on any atom is 0.323 e. The molecule has 2 unspecified atom stereocenters. The fourth-order valence-corrected chi connectivity index (χ4v) is 3.83. The average Bonchev–Trinajstić information content (AvgIpc) is 3.28. The number of hydrogen-bond acceptors (Lipinski definition) is 5. The summed E-state index contributed by atoms with van der Waals surface area (Å²) in [7, 11) is 0. The number of ether oxygens (including phenoxy) is 2. The average molecular weight is 433 g/mol. The summed E-state index contributed by atoms with van der Waals surface area (Å²) in [5.41, 5.74) is 4.61. The van der Waals surface area contributed by atoms with Crippen molar-refractivity contribution in [2.45, 2.75) is 37.9 Å². The lowest BCUT2D eigenvalue weighted by Crippen LogP contribution is -2.40. The van der Waals surface area contributed by atoms with Crippen LogP contribution in [0, 0.1) is 0 Å². The summed E-state index contributed by atoms with van der Waals surface area (Å²) in [4.78, 5) is 11.0. The van der Waals surface area contributed by atoms with Crippen molar-refractivity contribution in [2.75, 3.05) is 11.9 Å². The lowest BCUT2D eigenvalue weighted by molar-refractivity contribution is -0.139. The number of anilines is 1. The smallest absolute Gasteiger partial charge is 0.323 e. The standard InChI is InChI=1S/C20H21BrN2O4/c21-17-6-5-15(22-20-23-18(11-27-20)19(24)25)7-14(17)10-26-16-8-12-3-1-2-4-13(12)9-16/h1-7,16,18,20,22-23H,8-11H2,(H,24,25). The van der Waals surface area contributed by atoms with Gasteiger partial charge in [-0.25, -0.2) is 0 Å². The van der Waals surface area contributed by atoms with Crippen LogP contribution < -0.4 is 10.6 Å². The van der Waals surface area contributed by atoms with Crippen molar-refractivity contribution in [3.8, 4) is 0 Å². The van der Waals surface area contributed by atoms with E-state index in [1.807, 2.05) is 18.2 Å². The highest BCUT2D eigenvalue weighted by Crippen LogP contribution is 2.27. The number of halogens is 1. The molecular formula is C20H21BrN2O4. The fraction of sp³-hybridized carbons (Fsp3) is 0.350. The Kier molecular flexibility index (Phi) is 5.45. The molecule has 0 spiro atoms. The van der Waals surface area contributed by atoms with Crippen LogP contribution in [0.5, 0.6) is 0 Å². The Morgan fingerprint density at radius 1 is 1.26 bits per heavy atom. The molecule has 6 nitrogen and oxygen atoms in total. The third kappa shape index (κ3) is 4.32. The van der Waals surface area contributed by atoms with Crippen LogP contribution in [0.15, 0.2) is 46.9 Å². The van der Waals surface area contributed by atoms with E-state index in [9.17, 15) is 4.79 Å². The molecule has 3 N–H and O–H groups in total. The van der Waals surface area contributed by atoms with Crippen molar-refractivity contribution < 1.29 is 19.4 Å². The quantitative estimate of drug-likeness (QED) is 0.651. The van der Waals surface area contributed by atoms with Crippen molar-refractivity contribution >= 4 is 27.6 Å². The normalized spacial score (nSPS) is 22.0. The second-order valence-corrected chi connectivity index (χ2v) is 7.69. The fourth-order valence-electron chi connectivity index (χ4n) is 3.47. The molecule has 2 aromatic rings. The second kappa shape index (κ2) is 7.98. The Labute approximate surface area is 166 Å². The van der Waals surface area contributed by atoms with E-state index >= 15 is 0 Å². The minimum atomic E-state index is -0.915. The molecular weight excluding hydrogens is 412 g/mol. The lowest BCUT2D eigenvalue weighted by atomic mass is 10.1. The molecule has 1 fully saturated rings. The van der Waals surface area contributed by atoms with Crippen LogP contribution in [0.2, 0.25) is 0 Å². The molecule has 1 saturated heterocycles. The van der Waals surface area contributed by atoms with Crippen molar-refractivity contribution in [3.05, 3.63) is 63.6 Å². The second-order valence-electron chi connectivity index (χ2n) is 6.83. The van der Waals surface area contributed by atoms with Gasteiger partial charge >= 0.3 is 5.97 Å². The molecule has 0 amide bonds. The Hall–Kier alpha value is -1.93. The van der Waals surface area contributed by atoms with Gasteiger partial charge in [-0.15, -0.1) is 0 Å². The number of aliphatic carboxylic acids is 1. The molecule has 7 heteroatoms. The van der Waals surface area contributed by atoms with E-state index in [0.717, 1.165) is 28.6 Å². The maximum absolute atomic E-state index is 11.0. The Balaban J connectivity index is 1.35. The Morgan fingerprint density at radius 2 is 2.00 bits per heavy atom. The summed E-state index contributed by atoms with van der Waals surface area (Å²) >= 11 is 3.58. The zero-order valence-corrected chi connectivity index (χ0v) is 16.2. The molecule has 27 heavy (non-hydrogen) atoms. The highest BCUT2D eigenvalue weighted by Gasteiger charge is 2.29. The van der Waals surface area contributed by atoms with Gasteiger partial charge in [-0.2, -0.15) is 0 Å². The number of rotatable bonds is 6. The molecule has 1 aliphatic carbocycles. The molecule has 0 saturated carbocycles. The van der Waals surface area contributed by atoms with E-state index in [-0.39, 0.29) is 12.7 Å². The highest BCUT2D eigenvalue weighted by atomic mass is 79.9. The lowest BCUT2D eigenvalue weighted by Gasteiger charge is -2.17. The number of hydrogen-bond donors (Lipinski definition) is 3. The summed E-state index contributed by atoms with van der Waals surface area (Å²) in [5.74, 6) is -0.915. The van der Waals surface area contributed by atoms with Crippen LogP contribution in [0.4, 0.5) is 5.69 Å². The van der Waals surface area contributed by atoms with Crippen LogP contribution in [0.25, 0.3) is 0 Å². The van der Waals surface area contributed by atoms with Gasteiger partial charge in [-0.3, -0.25) is 10.1 Å². The van der Waals surface area contributed by atoms with Gasteiger partial charge in [0.25, 0.3) is 0 Å². The minimum absolute atomic E-state index is 0.141. The van der Waals surface area contributed by atoms with E-state index in [2.05, 4.69) is 50.8 Å². The van der Waals surface area contributed by atoms with Crippen LogP contribution in [0.3, 0.4) is 0 Å². The number of carbonyl (C=O) groups is 1. The largest absolute Gasteiger partial charge is 0.480 e. The molecule has 2 atom stereocenters. The first-order chi connectivity index (χ1) is 13.1. The minimum Gasteiger partial charge on any atom is -0.480 e. The summed E-state index contributed by atoms with van der Waals surface area (Å²) in [5, 5.41) is 15.1. The van der Waals surface area contributed by atoms with Gasteiger partial charge in [-0.05, 0) is 47.7 Å². The number of nitrogens with one attached hydrogen (secondary N) is 2. The summed E-state index contributed by atoms with van der Waals surface area (Å²) in [6.07, 6.45) is 1.57. The number of fused-ring (bicyclic) bond motifs is 1. The van der Waals surface area contributed by atoms with E-state index in [4.69, 9.17) is 14.6 Å². The van der Waals surface area contributed by atoms with Crippen molar-refractivity contribution in [1.29, 1.82) is 0 Å². The summed E-state index contributed by atoms with van der Waals surface area (Å²) < 4.78 is 12.6. The van der Waals surface area contributed by atoms with Crippen LogP contribution in [-0.2, 0) is 33.7 Å². The molecule has 2 aromatic carbocycles. The molecule has 142 valence electrons. The van der Waals surface area contributed by atoms with Gasteiger partial charge in [0.2, 0.25) is 0 Å². The first-order valence-corrected chi connectivity index (χ1v) is 9.71. The molecule has 0 radical (unpaired) electrons. The molecule has 0 bridgehead atoms. The first kappa shape index (κ1) is 18.4. The van der Waals surface area contributed by atoms with Crippen LogP contribution >= 0.6 is 15.9 Å². The maximum atomic E-state index is 11.0. The molecule has 1 heterocycles. The molecule has 0 aromatic heterocycles. The zero-order chi connectivity index (χ0) is 18.8. The monoisotopic (exact) mass is 432 g/mol. The third-order valence-electron chi connectivity index (χ3n) is 4.91. The summed E-state index contributed by atoms with van der Waals surface area (Å²) in [6.45, 7) is 0.646. The Bertz CT molecular complexity index is 819. The topological polar surface area (TPSA) is 79.8 Å². The van der Waals surface area contributed by atoms with E-state index in [1.54, 1.807) is 0 Å². The molecule has 4 rings (SSSR count). The van der Waals surface area contributed by atoms with Crippen molar-refractivity contribution in [1.82, 2.24) is 5.32 Å². The van der Waals surface area contributed by atoms with E-state index in [1.165, 1.54) is 11.1 Å². The van der Waals surface area contributed by atoms with Gasteiger partial charge in [0, 0.05) is 10.2 Å². The number of carboxylic acid groups (broad SMARTS) is 1. The molecule has 1 aliphatic heterocycles. The van der Waals surface area contributed by atoms with Crippen molar-refractivity contribution in [3.63, 3.8) is 0 Å². The molecule has 2 aliphatic rings. The van der Waals surface area contributed by atoms with E-state index < -0.39 is 18.4 Å². The van der Waals surface area contributed by atoms with Gasteiger partial charge in [0.1, 0.15) is 6.04 Å². The van der Waals surface area contributed by atoms with Gasteiger partial charge in [-0.1, -0.05) is 40.2 Å². The highest BCUT2D eigenvalue weighted by molar-refractivity contribution is 9.10. The Morgan fingerprint density at radius 3 is 2.67 bits per heavy atom. The predicted molar refractivity (Wildman–Crippen MR) is 104 cm³/mol. The third-order valence-corrected chi connectivity index (χ3v) is 5.69. The first-order valence-electron chi connectivity index (χ1n) is 8.92. The van der Waals surface area contributed by atoms with Gasteiger partial charge in [0.05, 0.1) is 19.3 Å². The van der Waals surface area contributed by atoms with E-state index in [0.29, 0.717) is 6.61 Å². The van der Waals surface area contributed by atoms with Crippen molar-refractivity contribution in [2.24, 2.45) is 0 Å². The van der Waals surface area contributed by atoms with Crippen LogP contribution in [-0.4, -0.2) is 36.2 Å². The summed E-state index contributed by atoms with van der Waals surface area (Å²) in [6, 6.07) is 13.6. The van der Waals surface area contributed by atoms with Crippen LogP contribution in [0.1, 0.15) is 16.7 Å².